The van der Waals surface area contributed by atoms with E-state index in [2.05, 4.69) is 17.6 Å². The number of carbonyl (C=O) groups excluding carboxylic acids is 2. The predicted molar refractivity (Wildman–Crippen MR) is 163 cm³/mol. The number of piperidine rings is 2. The summed E-state index contributed by atoms with van der Waals surface area (Å²) < 4.78 is 20.4. The van der Waals surface area contributed by atoms with Gasteiger partial charge in [-0.2, -0.15) is 0 Å². The number of aryl methyl sites for hydroxylation is 1. The maximum absolute atomic E-state index is 15.7. The van der Waals surface area contributed by atoms with Gasteiger partial charge in [-0.1, -0.05) is 43.3 Å². The Morgan fingerprint density at radius 1 is 1.10 bits per heavy atom. The SMILES string of the molecule is CCc1cccc(-c2c(F)cccc2C(O)(CCCNC(=O)OC)[C@@H]2CCCN(C(=O)N3CCC(CNC)CC3)C2)c1. The number of nitrogens with one attached hydrogen (secondary N) is 2. The fourth-order valence-corrected chi connectivity index (χ4v) is 6.66. The number of likely N-dealkylation sites (tertiary alicyclic amines) is 2. The molecule has 1 unspecified atom stereocenters. The molecule has 9 heteroatoms. The number of hydrogen-bond acceptors (Lipinski definition) is 5. The average Bonchev–Trinajstić information content (AvgIpc) is 3.03. The monoisotopic (exact) mass is 582 g/mol. The van der Waals surface area contributed by atoms with Gasteiger partial charge in [0, 0.05) is 44.2 Å². The molecular weight excluding hydrogens is 535 g/mol. The van der Waals surface area contributed by atoms with Crippen molar-refractivity contribution in [3.05, 3.63) is 59.4 Å². The van der Waals surface area contributed by atoms with E-state index < -0.39 is 11.7 Å². The largest absolute Gasteiger partial charge is 0.453 e. The zero-order chi connectivity index (χ0) is 30.1. The molecule has 0 aliphatic carbocycles. The summed E-state index contributed by atoms with van der Waals surface area (Å²) in [4.78, 5) is 29.1. The van der Waals surface area contributed by atoms with Crippen molar-refractivity contribution in [3.8, 4) is 11.1 Å². The molecule has 230 valence electrons. The standard InChI is InChI=1S/C33H47FN4O4/c1-4-24-9-5-10-26(21-24)30-28(12-6-13-29(30)34)33(41,16-8-17-36-31(39)42-3)27-11-7-18-38(23-27)32(40)37-19-14-25(15-20-37)22-35-2/h5-6,9-10,12-13,21,25,27,35,41H,4,7-8,11,14-20,22-23H2,1-3H3,(H,36,39)/t27-,33?/m1/s1. The Labute approximate surface area is 249 Å². The van der Waals surface area contributed by atoms with Gasteiger partial charge in [0.1, 0.15) is 5.82 Å². The maximum atomic E-state index is 15.7. The molecule has 2 atom stereocenters. The second kappa shape index (κ2) is 14.8. The van der Waals surface area contributed by atoms with Gasteiger partial charge in [-0.05, 0) is 87.2 Å². The Morgan fingerprint density at radius 3 is 2.57 bits per heavy atom. The first kappa shape index (κ1) is 31.8. The number of methoxy groups -OCH3 is 1. The van der Waals surface area contributed by atoms with Crippen molar-refractivity contribution < 1.29 is 23.8 Å². The van der Waals surface area contributed by atoms with Crippen LogP contribution in [0, 0.1) is 17.7 Å². The molecule has 2 fully saturated rings. The van der Waals surface area contributed by atoms with Crippen LogP contribution in [-0.4, -0.2) is 80.5 Å². The summed E-state index contributed by atoms with van der Waals surface area (Å²) in [5.74, 6) is -0.112. The van der Waals surface area contributed by atoms with E-state index in [1.807, 2.05) is 47.2 Å². The van der Waals surface area contributed by atoms with Crippen molar-refractivity contribution in [1.29, 1.82) is 0 Å². The van der Waals surface area contributed by atoms with Crippen molar-refractivity contribution in [2.24, 2.45) is 11.8 Å². The first-order valence-corrected chi connectivity index (χ1v) is 15.4. The molecule has 2 aromatic carbocycles. The summed E-state index contributed by atoms with van der Waals surface area (Å²) in [5.41, 5.74) is 1.31. The molecule has 2 saturated heterocycles. The number of carbonyl (C=O) groups is 2. The van der Waals surface area contributed by atoms with Gasteiger partial charge in [0.05, 0.1) is 12.7 Å². The lowest BCUT2D eigenvalue weighted by molar-refractivity contribution is -0.0566. The molecule has 3 amide bonds. The number of rotatable bonds is 10. The lowest BCUT2D eigenvalue weighted by atomic mass is 9.72. The average molecular weight is 583 g/mol. The maximum Gasteiger partial charge on any atom is 0.406 e. The lowest BCUT2D eigenvalue weighted by Crippen LogP contribution is -2.53. The number of aliphatic hydroxyl groups is 1. The molecule has 0 radical (unpaired) electrons. The predicted octanol–water partition coefficient (Wildman–Crippen LogP) is 5.14. The van der Waals surface area contributed by atoms with E-state index in [0.29, 0.717) is 55.9 Å². The summed E-state index contributed by atoms with van der Waals surface area (Å²) in [6.07, 6.45) is 4.45. The molecule has 2 heterocycles. The lowest BCUT2D eigenvalue weighted by Gasteiger charge is -2.45. The normalized spacial score (nSPS) is 19.3. The minimum atomic E-state index is -1.42. The van der Waals surface area contributed by atoms with Gasteiger partial charge in [-0.3, -0.25) is 0 Å². The van der Waals surface area contributed by atoms with Crippen molar-refractivity contribution in [2.75, 3.05) is 53.4 Å². The van der Waals surface area contributed by atoms with Gasteiger partial charge in [0.2, 0.25) is 0 Å². The van der Waals surface area contributed by atoms with Crippen LogP contribution in [0.1, 0.15) is 56.6 Å². The molecule has 0 aromatic heterocycles. The topological polar surface area (TPSA) is 94.1 Å². The molecule has 4 rings (SSSR count). The van der Waals surface area contributed by atoms with Crippen molar-refractivity contribution in [1.82, 2.24) is 20.4 Å². The van der Waals surface area contributed by atoms with Gasteiger partial charge < -0.3 is 30.3 Å². The molecule has 0 spiro atoms. The molecule has 2 aromatic rings. The fourth-order valence-electron chi connectivity index (χ4n) is 6.66. The summed E-state index contributed by atoms with van der Waals surface area (Å²) in [5, 5.41) is 18.6. The minimum Gasteiger partial charge on any atom is -0.453 e. The Balaban J connectivity index is 1.63. The first-order chi connectivity index (χ1) is 20.3. The Hall–Kier alpha value is -3.17. The zero-order valence-electron chi connectivity index (χ0n) is 25.3. The van der Waals surface area contributed by atoms with Crippen LogP contribution in [-0.2, 0) is 16.8 Å². The molecular formula is C33H47FN4O4. The number of alkyl carbamates (subject to hydrolysis) is 1. The van der Waals surface area contributed by atoms with Crippen LogP contribution in [0.15, 0.2) is 42.5 Å². The number of halogens is 1. The van der Waals surface area contributed by atoms with Gasteiger partial charge in [0.15, 0.2) is 0 Å². The van der Waals surface area contributed by atoms with Crippen LogP contribution in [0.5, 0.6) is 0 Å². The third kappa shape index (κ3) is 7.42. The third-order valence-electron chi connectivity index (χ3n) is 9.04. The second-order valence-corrected chi connectivity index (χ2v) is 11.7. The minimum absolute atomic E-state index is 0.0208. The van der Waals surface area contributed by atoms with Gasteiger partial charge in [-0.25, -0.2) is 14.0 Å². The number of ether oxygens (including phenoxy) is 1. The van der Waals surface area contributed by atoms with Crippen LogP contribution >= 0.6 is 0 Å². The summed E-state index contributed by atoms with van der Waals surface area (Å²) in [6, 6.07) is 12.7. The molecule has 2 aliphatic heterocycles. The first-order valence-electron chi connectivity index (χ1n) is 15.4. The van der Waals surface area contributed by atoms with Crippen LogP contribution in [0.4, 0.5) is 14.0 Å². The van der Waals surface area contributed by atoms with E-state index >= 15 is 4.39 Å². The highest BCUT2D eigenvalue weighted by Crippen LogP contribution is 2.44. The second-order valence-electron chi connectivity index (χ2n) is 11.7. The summed E-state index contributed by atoms with van der Waals surface area (Å²) in [7, 11) is 3.27. The van der Waals surface area contributed by atoms with Gasteiger partial charge in [0.25, 0.3) is 0 Å². The summed E-state index contributed by atoms with van der Waals surface area (Å²) in [6.45, 7) is 5.82. The third-order valence-corrected chi connectivity index (χ3v) is 9.04. The highest BCUT2D eigenvalue weighted by molar-refractivity contribution is 5.75. The fraction of sp³-hybridized carbons (Fsp3) is 0.576. The number of urea groups is 1. The zero-order valence-corrected chi connectivity index (χ0v) is 25.3. The Morgan fingerprint density at radius 2 is 1.86 bits per heavy atom. The smallest absolute Gasteiger partial charge is 0.406 e. The van der Waals surface area contributed by atoms with Crippen LogP contribution < -0.4 is 10.6 Å². The van der Waals surface area contributed by atoms with Crippen molar-refractivity contribution in [2.45, 2.75) is 57.5 Å². The number of nitrogens with zero attached hydrogens (tertiary/aromatic N) is 2. The van der Waals surface area contributed by atoms with E-state index in [9.17, 15) is 14.7 Å². The van der Waals surface area contributed by atoms with E-state index in [-0.39, 0.29) is 17.8 Å². The number of amides is 3. The molecule has 8 nitrogen and oxygen atoms in total. The Bertz CT molecular complexity index is 1200. The Kier molecular flexibility index (Phi) is 11.2. The van der Waals surface area contributed by atoms with Crippen molar-refractivity contribution >= 4 is 12.1 Å². The quantitative estimate of drug-likeness (QED) is 0.337. The highest BCUT2D eigenvalue weighted by atomic mass is 19.1. The van der Waals surface area contributed by atoms with Crippen molar-refractivity contribution in [3.63, 3.8) is 0 Å². The van der Waals surface area contributed by atoms with Crippen LogP contribution in [0.25, 0.3) is 11.1 Å². The summed E-state index contributed by atoms with van der Waals surface area (Å²) >= 11 is 0. The van der Waals surface area contributed by atoms with Crippen LogP contribution in [0.2, 0.25) is 0 Å². The molecule has 2 aliphatic rings. The van der Waals surface area contributed by atoms with E-state index in [0.717, 1.165) is 56.4 Å². The molecule has 42 heavy (non-hydrogen) atoms. The molecule has 3 N–H and O–H groups in total. The highest BCUT2D eigenvalue weighted by Gasteiger charge is 2.43. The number of benzene rings is 2. The van der Waals surface area contributed by atoms with Gasteiger partial charge in [-0.15, -0.1) is 0 Å². The van der Waals surface area contributed by atoms with E-state index in [1.54, 1.807) is 6.07 Å². The van der Waals surface area contributed by atoms with E-state index in [4.69, 9.17) is 4.74 Å². The van der Waals surface area contributed by atoms with Gasteiger partial charge >= 0.3 is 12.1 Å². The van der Waals surface area contributed by atoms with E-state index in [1.165, 1.54) is 13.2 Å². The number of hydrogen-bond donors (Lipinski definition) is 3. The molecule has 0 bridgehead atoms. The molecule has 0 saturated carbocycles. The van der Waals surface area contributed by atoms with Crippen LogP contribution in [0.3, 0.4) is 0 Å².